The Morgan fingerprint density at radius 1 is 1.13 bits per heavy atom. The van der Waals surface area contributed by atoms with Crippen molar-refractivity contribution < 1.29 is 8.81 Å². The number of hydrogen-bond acceptors (Lipinski definition) is 4. The highest BCUT2D eigenvalue weighted by Crippen LogP contribution is 2.23. The van der Waals surface area contributed by atoms with E-state index in [0.29, 0.717) is 25.0 Å². The maximum Gasteiger partial charge on any atom is 0.336 e. The minimum Gasteiger partial charge on any atom is -0.423 e. The maximum absolute atomic E-state index is 12.0. The molecule has 0 fully saturated rings. The number of hydrogen-bond donors (Lipinski definition) is 2. The van der Waals surface area contributed by atoms with Gasteiger partial charge in [-0.15, -0.1) is 0 Å². The summed E-state index contributed by atoms with van der Waals surface area (Å²) in [6.07, 6.45) is 3.15. The summed E-state index contributed by atoms with van der Waals surface area (Å²) in [5.74, 6) is 0. The largest absolute Gasteiger partial charge is 0.423 e. The summed E-state index contributed by atoms with van der Waals surface area (Å²) in [6.45, 7) is 3.85. The number of rotatable bonds is 9. The zero-order valence-corrected chi connectivity index (χ0v) is 13.7. The Labute approximate surface area is 135 Å². The van der Waals surface area contributed by atoms with Gasteiger partial charge >= 0.3 is 5.63 Å². The molecule has 5 heteroatoms. The molecule has 1 aromatic carbocycles. The average Bonchev–Trinajstić information content (AvgIpc) is 2.51. The van der Waals surface area contributed by atoms with Gasteiger partial charge in [0.05, 0.1) is 6.67 Å². The van der Waals surface area contributed by atoms with Gasteiger partial charge in [0, 0.05) is 11.5 Å². The molecule has 2 rings (SSSR count). The molecule has 3 N–H and O–H groups in total. The smallest absolute Gasteiger partial charge is 0.336 e. The van der Waals surface area contributed by atoms with Crippen molar-refractivity contribution in [3.8, 4) is 0 Å². The Morgan fingerprint density at radius 3 is 2.65 bits per heavy atom. The van der Waals surface area contributed by atoms with Crippen LogP contribution in [0.15, 0.2) is 27.4 Å². The first kappa shape index (κ1) is 17.6. The summed E-state index contributed by atoms with van der Waals surface area (Å²) in [5, 5.41) is 4.21. The highest BCUT2D eigenvalue weighted by atomic mass is 19.1. The molecule has 126 valence electrons. The predicted octanol–water partition coefficient (Wildman–Crippen LogP) is 2.48. The van der Waals surface area contributed by atoms with Crippen molar-refractivity contribution >= 4 is 11.0 Å². The summed E-state index contributed by atoms with van der Waals surface area (Å²) in [5.41, 5.74) is 9.25. The Kier molecular flexibility index (Phi) is 6.74. The number of nitrogens with one attached hydrogen (secondary N) is 1. The molecule has 0 aliphatic rings. The van der Waals surface area contributed by atoms with E-state index in [2.05, 4.69) is 11.4 Å². The van der Waals surface area contributed by atoms with Crippen molar-refractivity contribution in [2.24, 2.45) is 5.73 Å². The van der Waals surface area contributed by atoms with Gasteiger partial charge in [-0.1, -0.05) is 0 Å². The third-order valence-electron chi connectivity index (χ3n) is 3.99. The van der Waals surface area contributed by atoms with Gasteiger partial charge in [0.1, 0.15) is 5.58 Å². The van der Waals surface area contributed by atoms with Crippen LogP contribution in [-0.4, -0.2) is 26.3 Å². The van der Waals surface area contributed by atoms with Crippen molar-refractivity contribution in [2.75, 3.05) is 26.3 Å². The van der Waals surface area contributed by atoms with Crippen molar-refractivity contribution in [3.63, 3.8) is 0 Å². The lowest BCUT2D eigenvalue weighted by atomic mass is 9.98. The van der Waals surface area contributed by atoms with Gasteiger partial charge in [0.15, 0.2) is 0 Å². The first-order valence-electron chi connectivity index (χ1n) is 8.18. The molecule has 0 unspecified atom stereocenters. The summed E-state index contributed by atoms with van der Waals surface area (Å²) in [4.78, 5) is 11.6. The number of benzene rings is 1. The van der Waals surface area contributed by atoms with Crippen LogP contribution in [0.2, 0.25) is 0 Å². The molecule has 0 bridgehead atoms. The molecular formula is C18H25FN2O2. The molecule has 2 aromatic rings. The van der Waals surface area contributed by atoms with Crippen LogP contribution in [0.4, 0.5) is 4.39 Å². The molecule has 0 saturated heterocycles. The van der Waals surface area contributed by atoms with Crippen molar-refractivity contribution in [2.45, 2.75) is 32.6 Å². The number of alkyl halides is 1. The fourth-order valence-corrected chi connectivity index (χ4v) is 2.77. The normalized spacial score (nSPS) is 11.3. The molecule has 0 atom stereocenters. The zero-order chi connectivity index (χ0) is 16.7. The topological polar surface area (TPSA) is 68.3 Å². The Hall–Kier alpha value is -1.72. The Balaban J connectivity index is 2.14. The van der Waals surface area contributed by atoms with Gasteiger partial charge in [-0.25, -0.2) is 4.79 Å². The van der Waals surface area contributed by atoms with E-state index in [1.54, 1.807) is 0 Å². The lowest BCUT2D eigenvalue weighted by Gasteiger charge is -2.10. The van der Waals surface area contributed by atoms with E-state index in [0.717, 1.165) is 42.4 Å². The van der Waals surface area contributed by atoms with E-state index in [1.807, 2.05) is 13.0 Å². The highest BCUT2D eigenvalue weighted by Gasteiger charge is 2.09. The zero-order valence-electron chi connectivity index (χ0n) is 13.7. The van der Waals surface area contributed by atoms with Crippen LogP contribution in [-0.2, 0) is 12.8 Å². The van der Waals surface area contributed by atoms with Gasteiger partial charge in [-0.3, -0.25) is 4.39 Å². The third kappa shape index (κ3) is 4.88. The van der Waals surface area contributed by atoms with E-state index < -0.39 is 0 Å². The summed E-state index contributed by atoms with van der Waals surface area (Å²) < 4.78 is 17.3. The Morgan fingerprint density at radius 2 is 1.91 bits per heavy atom. The van der Waals surface area contributed by atoms with E-state index in [4.69, 9.17) is 10.2 Å². The molecule has 23 heavy (non-hydrogen) atoms. The second-order valence-corrected chi connectivity index (χ2v) is 5.80. The minimum absolute atomic E-state index is 0.272. The monoisotopic (exact) mass is 320 g/mol. The first-order valence-corrected chi connectivity index (χ1v) is 8.18. The molecule has 1 aromatic heterocycles. The van der Waals surface area contributed by atoms with Crippen molar-refractivity contribution in [1.82, 2.24) is 5.32 Å². The second kappa shape index (κ2) is 8.79. The van der Waals surface area contributed by atoms with Crippen LogP contribution in [0.1, 0.15) is 29.5 Å². The molecular weight excluding hydrogens is 295 g/mol. The number of fused-ring (bicyclic) bond motifs is 1. The average molecular weight is 320 g/mol. The van der Waals surface area contributed by atoms with Crippen molar-refractivity contribution in [3.05, 3.63) is 45.3 Å². The fraction of sp³-hybridized carbons (Fsp3) is 0.500. The van der Waals surface area contributed by atoms with Gasteiger partial charge in [-0.2, -0.15) is 0 Å². The lowest BCUT2D eigenvalue weighted by molar-refractivity contribution is 0.458. The fourth-order valence-electron chi connectivity index (χ4n) is 2.77. The molecule has 1 heterocycles. The summed E-state index contributed by atoms with van der Waals surface area (Å²) >= 11 is 0. The molecule has 0 spiro atoms. The number of nitrogens with two attached hydrogens (primary N) is 1. The van der Waals surface area contributed by atoms with E-state index in [-0.39, 0.29) is 12.3 Å². The second-order valence-electron chi connectivity index (χ2n) is 5.80. The van der Waals surface area contributed by atoms with E-state index >= 15 is 0 Å². The van der Waals surface area contributed by atoms with Gasteiger partial charge in [0.2, 0.25) is 0 Å². The lowest BCUT2D eigenvalue weighted by Crippen LogP contribution is -2.17. The van der Waals surface area contributed by atoms with E-state index in [1.165, 1.54) is 11.6 Å². The predicted molar refractivity (Wildman–Crippen MR) is 91.8 cm³/mol. The van der Waals surface area contributed by atoms with Crippen LogP contribution in [0.25, 0.3) is 11.0 Å². The first-order chi connectivity index (χ1) is 11.2. The van der Waals surface area contributed by atoms with Crippen LogP contribution in [0, 0.1) is 6.92 Å². The van der Waals surface area contributed by atoms with Crippen LogP contribution >= 0.6 is 0 Å². The Bertz CT molecular complexity index is 697. The maximum atomic E-state index is 12.0. The standard InChI is InChI=1S/C18H25FN2O2/c1-13-10-17-16(15(5-7-20)12-18(22)23-17)11-14(13)4-2-8-21-9-3-6-19/h10-12,21H,2-9,20H2,1H3. The van der Waals surface area contributed by atoms with Gasteiger partial charge < -0.3 is 15.5 Å². The quantitative estimate of drug-likeness (QED) is 0.550. The van der Waals surface area contributed by atoms with Gasteiger partial charge in [0.25, 0.3) is 0 Å². The van der Waals surface area contributed by atoms with E-state index in [9.17, 15) is 9.18 Å². The SMILES string of the molecule is Cc1cc2oc(=O)cc(CCN)c2cc1CCCNCCCF. The minimum atomic E-state index is -0.329. The summed E-state index contributed by atoms with van der Waals surface area (Å²) in [7, 11) is 0. The summed E-state index contributed by atoms with van der Waals surface area (Å²) in [6, 6.07) is 5.58. The molecule has 0 aliphatic heterocycles. The molecule has 0 radical (unpaired) electrons. The molecule has 4 nitrogen and oxygen atoms in total. The molecule has 0 saturated carbocycles. The van der Waals surface area contributed by atoms with Gasteiger partial charge in [-0.05, 0) is 81.1 Å². The van der Waals surface area contributed by atoms with Crippen molar-refractivity contribution in [1.29, 1.82) is 0 Å². The van der Waals surface area contributed by atoms with Crippen LogP contribution < -0.4 is 16.7 Å². The number of aryl methyl sites for hydroxylation is 2. The number of halogens is 1. The highest BCUT2D eigenvalue weighted by molar-refractivity contribution is 5.82. The molecule has 0 aliphatic carbocycles. The third-order valence-corrected chi connectivity index (χ3v) is 3.99. The van der Waals surface area contributed by atoms with Crippen LogP contribution in [0.5, 0.6) is 0 Å². The van der Waals surface area contributed by atoms with Crippen LogP contribution in [0.3, 0.4) is 0 Å². The molecule has 0 amide bonds.